The van der Waals surface area contributed by atoms with Crippen LogP contribution in [0, 0.1) is 11.6 Å². The highest BCUT2D eigenvalue weighted by Crippen LogP contribution is 2.21. The Bertz CT molecular complexity index is 555. The molecule has 0 saturated carbocycles. The Balaban J connectivity index is 2.02. The van der Waals surface area contributed by atoms with Crippen LogP contribution in [0.3, 0.4) is 0 Å². The largest absolute Gasteiger partial charge is 0.306 e. The van der Waals surface area contributed by atoms with Gasteiger partial charge in [0.1, 0.15) is 11.6 Å². The van der Waals surface area contributed by atoms with Crippen LogP contribution in [0.1, 0.15) is 24.1 Å². The first-order chi connectivity index (χ1) is 9.08. The second-order valence-corrected chi connectivity index (χ2v) is 5.16. The van der Waals surface area contributed by atoms with Crippen LogP contribution in [0.5, 0.6) is 0 Å². The van der Waals surface area contributed by atoms with Gasteiger partial charge in [0, 0.05) is 12.6 Å². The molecule has 19 heavy (non-hydrogen) atoms. The lowest BCUT2D eigenvalue weighted by atomic mass is 10.1. The molecule has 0 aromatic heterocycles. The van der Waals surface area contributed by atoms with Gasteiger partial charge in [0.25, 0.3) is 0 Å². The standard InChI is InChI=1S/C15H14BrF2N/c1-10(11-5-7-13(17)8-6-11)19-9-12-3-2-4-14(18)15(12)16/h2-8,10,19H,9H2,1H3/t10-/m1/s1. The Morgan fingerprint density at radius 2 is 1.79 bits per heavy atom. The molecule has 4 heteroatoms. The van der Waals surface area contributed by atoms with Gasteiger partial charge in [-0.25, -0.2) is 8.78 Å². The van der Waals surface area contributed by atoms with Crippen molar-refractivity contribution in [2.24, 2.45) is 0 Å². The van der Waals surface area contributed by atoms with Crippen molar-refractivity contribution < 1.29 is 8.78 Å². The predicted molar refractivity (Wildman–Crippen MR) is 75.8 cm³/mol. The summed E-state index contributed by atoms with van der Waals surface area (Å²) in [5.41, 5.74) is 1.85. The van der Waals surface area contributed by atoms with Gasteiger partial charge in [-0.15, -0.1) is 0 Å². The van der Waals surface area contributed by atoms with E-state index in [0.29, 0.717) is 11.0 Å². The lowest BCUT2D eigenvalue weighted by molar-refractivity contribution is 0.563. The van der Waals surface area contributed by atoms with Gasteiger partial charge >= 0.3 is 0 Å². The summed E-state index contributed by atoms with van der Waals surface area (Å²) >= 11 is 3.23. The van der Waals surface area contributed by atoms with Crippen LogP contribution in [0.2, 0.25) is 0 Å². The zero-order valence-electron chi connectivity index (χ0n) is 10.5. The summed E-state index contributed by atoms with van der Waals surface area (Å²) < 4.78 is 26.7. The van der Waals surface area contributed by atoms with Gasteiger partial charge in [0.05, 0.1) is 4.47 Å². The average Bonchev–Trinajstić information content (AvgIpc) is 2.41. The van der Waals surface area contributed by atoms with E-state index in [1.165, 1.54) is 18.2 Å². The molecule has 0 aliphatic carbocycles. The van der Waals surface area contributed by atoms with Crippen LogP contribution in [-0.4, -0.2) is 0 Å². The highest BCUT2D eigenvalue weighted by atomic mass is 79.9. The Labute approximate surface area is 119 Å². The van der Waals surface area contributed by atoms with Crippen molar-refractivity contribution in [3.05, 3.63) is 69.7 Å². The molecule has 2 aromatic carbocycles. The molecule has 1 nitrogen and oxygen atoms in total. The van der Waals surface area contributed by atoms with Gasteiger partial charge in [-0.3, -0.25) is 0 Å². The van der Waals surface area contributed by atoms with Crippen LogP contribution in [0.25, 0.3) is 0 Å². The Morgan fingerprint density at radius 3 is 2.47 bits per heavy atom. The first-order valence-electron chi connectivity index (χ1n) is 5.99. The van der Waals surface area contributed by atoms with Gasteiger partial charge < -0.3 is 5.32 Å². The van der Waals surface area contributed by atoms with Gasteiger partial charge in [-0.1, -0.05) is 24.3 Å². The number of nitrogens with one attached hydrogen (secondary N) is 1. The Hall–Kier alpha value is -1.26. The molecular weight excluding hydrogens is 312 g/mol. The SMILES string of the molecule is C[C@@H](NCc1cccc(F)c1Br)c1ccc(F)cc1. The summed E-state index contributed by atoms with van der Waals surface area (Å²) in [6.07, 6.45) is 0. The Kier molecular flexibility index (Phi) is 4.66. The molecular formula is C15H14BrF2N. The molecule has 0 bridgehead atoms. The maximum atomic E-state index is 13.4. The highest BCUT2D eigenvalue weighted by Gasteiger charge is 2.08. The third-order valence-electron chi connectivity index (χ3n) is 3.00. The molecule has 0 amide bonds. The van der Waals surface area contributed by atoms with Gasteiger partial charge in [0.15, 0.2) is 0 Å². The fraction of sp³-hybridized carbons (Fsp3) is 0.200. The monoisotopic (exact) mass is 325 g/mol. The van der Waals surface area contributed by atoms with E-state index < -0.39 is 0 Å². The quantitative estimate of drug-likeness (QED) is 0.867. The third-order valence-corrected chi connectivity index (χ3v) is 3.89. The summed E-state index contributed by atoms with van der Waals surface area (Å²) in [6.45, 7) is 2.53. The molecule has 1 atom stereocenters. The minimum absolute atomic E-state index is 0.0655. The van der Waals surface area contributed by atoms with Crippen molar-refractivity contribution in [3.63, 3.8) is 0 Å². The van der Waals surface area contributed by atoms with Crippen molar-refractivity contribution in [1.29, 1.82) is 0 Å². The van der Waals surface area contributed by atoms with E-state index >= 15 is 0 Å². The molecule has 0 unspecified atom stereocenters. The van der Waals surface area contributed by atoms with Crippen LogP contribution >= 0.6 is 15.9 Å². The number of halogens is 3. The molecule has 2 rings (SSSR count). The zero-order chi connectivity index (χ0) is 13.8. The lowest BCUT2D eigenvalue weighted by Gasteiger charge is -2.15. The smallest absolute Gasteiger partial charge is 0.137 e. The van der Waals surface area contributed by atoms with E-state index in [2.05, 4.69) is 21.2 Å². The Morgan fingerprint density at radius 1 is 1.11 bits per heavy atom. The summed E-state index contributed by atoms with van der Waals surface area (Å²) in [4.78, 5) is 0. The third kappa shape index (κ3) is 3.61. The summed E-state index contributed by atoms with van der Waals surface area (Å²) in [5.74, 6) is -0.516. The summed E-state index contributed by atoms with van der Waals surface area (Å²) in [7, 11) is 0. The van der Waals surface area contributed by atoms with Crippen molar-refractivity contribution in [2.45, 2.75) is 19.5 Å². The second kappa shape index (κ2) is 6.26. The maximum Gasteiger partial charge on any atom is 0.137 e. The molecule has 0 saturated heterocycles. The van der Waals surface area contributed by atoms with Crippen molar-refractivity contribution in [1.82, 2.24) is 5.32 Å². The first-order valence-corrected chi connectivity index (χ1v) is 6.79. The van der Waals surface area contributed by atoms with Crippen molar-refractivity contribution in [2.75, 3.05) is 0 Å². The number of hydrogen-bond acceptors (Lipinski definition) is 1. The number of hydrogen-bond donors (Lipinski definition) is 1. The molecule has 0 radical (unpaired) electrons. The van der Waals surface area contributed by atoms with E-state index in [0.717, 1.165) is 11.1 Å². The summed E-state index contributed by atoms with van der Waals surface area (Å²) in [5, 5.41) is 3.28. The molecule has 2 aromatic rings. The van der Waals surface area contributed by atoms with Gasteiger partial charge in [0.2, 0.25) is 0 Å². The zero-order valence-corrected chi connectivity index (χ0v) is 12.0. The molecule has 0 spiro atoms. The minimum atomic E-state index is -0.270. The van der Waals surface area contributed by atoms with Gasteiger partial charge in [-0.2, -0.15) is 0 Å². The molecule has 0 aliphatic rings. The minimum Gasteiger partial charge on any atom is -0.306 e. The topological polar surface area (TPSA) is 12.0 Å². The molecule has 1 N–H and O–H groups in total. The lowest BCUT2D eigenvalue weighted by Crippen LogP contribution is -2.18. The fourth-order valence-electron chi connectivity index (χ4n) is 1.82. The number of benzene rings is 2. The van der Waals surface area contributed by atoms with E-state index in [-0.39, 0.29) is 17.7 Å². The van der Waals surface area contributed by atoms with Crippen molar-refractivity contribution >= 4 is 15.9 Å². The van der Waals surface area contributed by atoms with Crippen LogP contribution < -0.4 is 5.32 Å². The molecule has 0 heterocycles. The van der Waals surface area contributed by atoms with E-state index in [4.69, 9.17) is 0 Å². The number of rotatable bonds is 4. The van der Waals surface area contributed by atoms with E-state index in [1.807, 2.05) is 13.0 Å². The van der Waals surface area contributed by atoms with E-state index in [1.54, 1.807) is 18.2 Å². The normalized spacial score (nSPS) is 12.4. The maximum absolute atomic E-state index is 13.4. The average molecular weight is 326 g/mol. The first kappa shape index (κ1) is 14.2. The summed E-state index contributed by atoms with van der Waals surface area (Å²) in [6, 6.07) is 11.4. The predicted octanol–water partition coefficient (Wildman–Crippen LogP) is 4.58. The van der Waals surface area contributed by atoms with Gasteiger partial charge in [-0.05, 0) is 52.2 Å². The molecule has 0 fully saturated rings. The second-order valence-electron chi connectivity index (χ2n) is 4.37. The fourth-order valence-corrected chi connectivity index (χ4v) is 2.22. The van der Waals surface area contributed by atoms with E-state index in [9.17, 15) is 8.78 Å². The molecule has 100 valence electrons. The molecule has 0 aliphatic heterocycles. The van der Waals surface area contributed by atoms with Crippen LogP contribution in [-0.2, 0) is 6.54 Å². The van der Waals surface area contributed by atoms with Crippen molar-refractivity contribution in [3.8, 4) is 0 Å². The van der Waals surface area contributed by atoms with Crippen LogP contribution in [0.15, 0.2) is 46.9 Å². The van der Waals surface area contributed by atoms with Crippen LogP contribution in [0.4, 0.5) is 8.78 Å². The highest BCUT2D eigenvalue weighted by molar-refractivity contribution is 9.10.